The van der Waals surface area contributed by atoms with Crippen LogP contribution in [-0.2, 0) is 0 Å². The summed E-state index contributed by atoms with van der Waals surface area (Å²) in [7, 11) is 0. The molecule has 0 amide bonds. The first-order chi connectivity index (χ1) is 8.36. The van der Waals surface area contributed by atoms with Gasteiger partial charge in [0.05, 0.1) is 11.6 Å². The highest BCUT2D eigenvalue weighted by Crippen LogP contribution is 2.32. The Kier molecular flexibility index (Phi) is 2.87. The highest BCUT2D eigenvalue weighted by Gasteiger charge is 2.24. The van der Waals surface area contributed by atoms with Gasteiger partial charge in [-0.2, -0.15) is 0 Å². The summed E-state index contributed by atoms with van der Waals surface area (Å²) in [5.74, 6) is 0.380. The molecule has 17 heavy (non-hydrogen) atoms. The van der Waals surface area contributed by atoms with E-state index in [0.29, 0.717) is 5.92 Å². The number of piperidine rings is 1. The summed E-state index contributed by atoms with van der Waals surface area (Å²) in [5.41, 5.74) is 2.12. The van der Waals surface area contributed by atoms with Gasteiger partial charge in [-0.1, -0.05) is 18.2 Å². The summed E-state index contributed by atoms with van der Waals surface area (Å²) >= 11 is 0. The molecular weight excluding hydrogens is 212 g/mol. The van der Waals surface area contributed by atoms with Gasteiger partial charge in [-0.15, -0.1) is 0 Å². The van der Waals surface area contributed by atoms with Crippen molar-refractivity contribution in [2.45, 2.75) is 18.9 Å². The molecule has 1 aromatic heterocycles. The zero-order chi connectivity index (χ0) is 11.7. The second kappa shape index (κ2) is 4.51. The molecule has 3 N–H and O–H groups in total. The van der Waals surface area contributed by atoms with Crippen molar-refractivity contribution in [1.29, 1.82) is 0 Å². The zero-order valence-corrected chi connectivity index (χ0v) is 9.82. The lowest BCUT2D eigenvalue weighted by atomic mass is 9.87. The molecule has 3 rings (SSSR count). The summed E-state index contributed by atoms with van der Waals surface area (Å²) in [6.45, 7) is 2.03. The third-order valence-corrected chi connectivity index (χ3v) is 3.77. The molecule has 2 aromatic rings. The molecule has 0 unspecified atom stereocenters. The molecule has 0 radical (unpaired) electrons. The van der Waals surface area contributed by atoms with Crippen LogP contribution < -0.4 is 5.32 Å². The van der Waals surface area contributed by atoms with Gasteiger partial charge in [0, 0.05) is 11.8 Å². The van der Waals surface area contributed by atoms with Crippen LogP contribution in [0.1, 0.15) is 24.5 Å². The average Bonchev–Trinajstić information content (AvgIpc) is 2.87. The molecule has 0 spiro atoms. The lowest BCUT2D eigenvalue weighted by Gasteiger charge is -2.27. The first kappa shape index (κ1) is 10.8. The maximum absolute atomic E-state index is 10.5. The Labute approximate surface area is 101 Å². The third-order valence-electron chi connectivity index (χ3n) is 3.77. The number of fused-ring (bicyclic) bond motifs is 1. The Bertz CT molecular complexity index is 500. The van der Waals surface area contributed by atoms with Crippen LogP contribution in [0.25, 0.3) is 10.9 Å². The van der Waals surface area contributed by atoms with Crippen molar-refractivity contribution < 1.29 is 5.11 Å². The van der Waals surface area contributed by atoms with E-state index in [2.05, 4.69) is 16.4 Å². The number of aromatic amines is 1. The number of benzene rings is 1. The van der Waals surface area contributed by atoms with Crippen molar-refractivity contribution in [3.8, 4) is 0 Å². The zero-order valence-electron chi connectivity index (χ0n) is 9.82. The van der Waals surface area contributed by atoms with Crippen molar-refractivity contribution in [3.05, 3.63) is 36.0 Å². The minimum absolute atomic E-state index is 0.348. The third kappa shape index (κ3) is 1.96. The van der Waals surface area contributed by atoms with E-state index in [4.69, 9.17) is 0 Å². The second-order valence-electron chi connectivity index (χ2n) is 4.82. The number of nitrogens with one attached hydrogen (secondary N) is 2. The predicted molar refractivity (Wildman–Crippen MR) is 68.9 cm³/mol. The van der Waals surface area contributed by atoms with Gasteiger partial charge in [0.25, 0.3) is 0 Å². The molecule has 1 fully saturated rings. The predicted octanol–water partition coefficient (Wildman–Crippen LogP) is 2.20. The summed E-state index contributed by atoms with van der Waals surface area (Å²) in [4.78, 5) is 3.23. The van der Waals surface area contributed by atoms with E-state index in [1.54, 1.807) is 0 Å². The molecule has 1 aliphatic rings. The molecule has 0 saturated carbocycles. The summed E-state index contributed by atoms with van der Waals surface area (Å²) < 4.78 is 0. The summed E-state index contributed by atoms with van der Waals surface area (Å²) in [5, 5.41) is 15.0. The normalized spacial score (nSPS) is 19.6. The molecule has 3 heteroatoms. The Balaban J connectivity index is 1.94. The first-order valence-corrected chi connectivity index (χ1v) is 6.31. The van der Waals surface area contributed by atoms with E-state index < -0.39 is 0 Å². The molecule has 0 aliphatic carbocycles. The lowest BCUT2D eigenvalue weighted by Crippen LogP contribution is -2.30. The number of H-pyrrole nitrogens is 1. The SMILES string of the molecule is O[C@H](c1cccc2cc[nH]c12)C1CCNCC1. The van der Waals surface area contributed by atoms with Gasteiger partial charge in [-0.25, -0.2) is 0 Å². The van der Waals surface area contributed by atoms with Crippen LogP contribution in [0.3, 0.4) is 0 Å². The van der Waals surface area contributed by atoms with Crippen LogP contribution in [-0.4, -0.2) is 23.2 Å². The van der Waals surface area contributed by atoms with Crippen molar-refractivity contribution in [3.63, 3.8) is 0 Å². The van der Waals surface area contributed by atoms with E-state index in [1.165, 1.54) is 5.39 Å². The van der Waals surface area contributed by atoms with Crippen molar-refractivity contribution >= 4 is 10.9 Å². The van der Waals surface area contributed by atoms with Crippen LogP contribution in [0.2, 0.25) is 0 Å². The fourth-order valence-electron chi connectivity index (χ4n) is 2.77. The molecule has 90 valence electrons. The molecule has 1 atom stereocenters. The Hall–Kier alpha value is -1.32. The number of para-hydroxylation sites is 1. The van der Waals surface area contributed by atoms with Gasteiger partial charge in [0.15, 0.2) is 0 Å². The number of aromatic nitrogens is 1. The number of aliphatic hydroxyl groups is 1. The van der Waals surface area contributed by atoms with Crippen LogP contribution in [0, 0.1) is 5.92 Å². The smallest absolute Gasteiger partial charge is 0.0839 e. The Morgan fingerprint density at radius 3 is 2.82 bits per heavy atom. The number of hydrogen-bond donors (Lipinski definition) is 3. The Morgan fingerprint density at radius 2 is 2.00 bits per heavy atom. The minimum atomic E-state index is -0.348. The molecule has 1 aromatic carbocycles. The van der Waals surface area contributed by atoms with Gasteiger partial charge in [-0.3, -0.25) is 0 Å². The van der Waals surface area contributed by atoms with Gasteiger partial charge in [-0.05, 0) is 43.3 Å². The minimum Gasteiger partial charge on any atom is -0.388 e. The van der Waals surface area contributed by atoms with Crippen molar-refractivity contribution in [2.24, 2.45) is 5.92 Å². The van der Waals surface area contributed by atoms with E-state index in [-0.39, 0.29) is 6.10 Å². The van der Waals surface area contributed by atoms with Crippen LogP contribution in [0.15, 0.2) is 30.5 Å². The molecular formula is C14H18N2O. The van der Waals surface area contributed by atoms with Crippen molar-refractivity contribution in [1.82, 2.24) is 10.3 Å². The maximum atomic E-state index is 10.5. The van der Waals surface area contributed by atoms with Gasteiger partial charge < -0.3 is 15.4 Å². The van der Waals surface area contributed by atoms with Crippen LogP contribution in [0.4, 0.5) is 0 Å². The molecule has 0 bridgehead atoms. The van der Waals surface area contributed by atoms with Crippen molar-refractivity contribution in [2.75, 3.05) is 13.1 Å². The molecule has 1 saturated heterocycles. The Morgan fingerprint density at radius 1 is 1.18 bits per heavy atom. The largest absolute Gasteiger partial charge is 0.388 e. The average molecular weight is 230 g/mol. The maximum Gasteiger partial charge on any atom is 0.0839 e. The second-order valence-corrected chi connectivity index (χ2v) is 4.82. The number of hydrogen-bond acceptors (Lipinski definition) is 2. The number of aliphatic hydroxyl groups excluding tert-OH is 1. The summed E-state index contributed by atoms with van der Waals surface area (Å²) in [6.07, 6.45) is 3.69. The number of rotatable bonds is 2. The fourth-order valence-corrected chi connectivity index (χ4v) is 2.77. The molecule has 1 aliphatic heterocycles. The van der Waals surface area contributed by atoms with E-state index in [1.807, 2.05) is 24.4 Å². The monoisotopic (exact) mass is 230 g/mol. The summed E-state index contributed by atoms with van der Waals surface area (Å²) in [6, 6.07) is 8.18. The standard InChI is InChI=1S/C14H18N2O/c17-14(11-4-7-15-8-5-11)12-3-1-2-10-6-9-16-13(10)12/h1-3,6,9,11,14-17H,4-5,7-8H2/t14-/m0/s1. The van der Waals surface area contributed by atoms with E-state index >= 15 is 0 Å². The lowest BCUT2D eigenvalue weighted by molar-refractivity contribution is 0.0900. The van der Waals surface area contributed by atoms with Gasteiger partial charge in [0.1, 0.15) is 0 Å². The van der Waals surface area contributed by atoms with E-state index in [0.717, 1.165) is 37.0 Å². The molecule has 3 nitrogen and oxygen atoms in total. The molecule has 2 heterocycles. The van der Waals surface area contributed by atoms with Gasteiger partial charge in [0.2, 0.25) is 0 Å². The fraction of sp³-hybridized carbons (Fsp3) is 0.429. The highest BCUT2D eigenvalue weighted by molar-refractivity contribution is 5.82. The van der Waals surface area contributed by atoms with E-state index in [9.17, 15) is 5.11 Å². The highest BCUT2D eigenvalue weighted by atomic mass is 16.3. The van der Waals surface area contributed by atoms with Crippen LogP contribution >= 0.6 is 0 Å². The topological polar surface area (TPSA) is 48.0 Å². The first-order valence-electron chi connectivity index (χ1n) is 6.31. The quantitative estimate of drug-likeness (QED) is 0.740. The van der Waals surface area contributed by atoms with Gasteiger partial charge >= 0.3 is 0 Å². The van der Waals surface area contributed by atoms with Crippen LogP contribution in [0.5, 0.6) is 0 Å².